The fraction of sp³-hybridized carbons (Fsp3) is 0.389. The first-order valence-corrected chi connectivity index (χ1v) is 8.50. The van der Waals surface area contributed by atoms with E-state index in [4.69, 9.17) is 12.2 Å². The Bertz CT molecular complexity index is 734. The molecule has 0 fully saturated rings. The molecule has 2 rings (SSSR count). The summed E-state index contributed by atoms with van der Waals surface area (Å²) < 4.78 is 1.91. The number of anilines is 1. The van der Waals surface area contributed by atoms with Gasteiger partial charge in [-0.2, -0.15) is 5.10 Å². The average Bonchev–Trinajstić information content (AvgIpc) is 2.75. The van der Waals surface area contributed by atoms with Gasteiger partial charge in [-0.3, -0.25) is 9.48 Å². The van der Waals surface area contributed by atoms with Gasteiger partial charge in [-0.25, -0.2) is 0 Å². The van der Waals surface area contributed by atoms with Crippen LogP contribution in [0.25, 0.3) is 0 Å². The molecule has 6 heteroatoms. The number of aryl methyl sites for hydroxylation is 2. The Balaban J connectivity index is 1.98. The lowest BCUT2D eigenvalue weighted by Gasteiger charge is -2.10. The summed E-state index contributed by atoms with van der Waals surface area (Å²) in [6.45, 7) is 6.08. The Kier molecular flexibility index (Phi) is 6.09. The zero-order valence-electron chi connectivity index (χ0n) is 14.6. The second-order valence-corrected chi connectivity index (χ2v) is 6.31. The number of hydrogen-bond donors (Lipinski definition) is 2. The fourth-order valence-corrected chi connectivity index (χ4v) is 2.79. The van der Waals surface area contributed by atoms with Crippen LogP contribution in [0.5, 0.6) is 0 Å². The number of amides is 1. The summed E-state index contributed by atoms with van der Waals surface area (Å²) in [6.07, 6.45) is 2.13. The first-order chi connectivity index (χ1) is 11.4. The van der Waals surface area contributed by atoms with Gasteiger partial charge in [-0.05, 0) is 50.2 Å². The summed E-state index contributed by atoms with van der Waals surface area (Å²) in [6, 6.07) is 8.05. The molecule has 128 valence electrons. The van der Waals surface area contributed by atoms with Crippen LogP contribution in [0.2, 0.25) is 0 Å². The molecule has 1 amide bonds. The number of rotatable bonds is 5. The first-order valence-electron chi connectivity index (χ1n) is 8.09. The van der Waals surface area contributed by atoms with Gasteiger partial charge in [-0.15, -0.1) is 0 Å². The van der Waals surface area contributed by atoms with Crippen molar-refractivity contribution in [2.24, 2.45) is 7.05 Å². The van der Waals surface area contributed by atoms with E-state index >= 15 is 0 Å². The second kappa shape index (κ2) is 8.06. The SMILES string of the molecule is CCCC(=O)NC(=S)Nc1ccc(Cc2c(C)nn(C)c2C)cc1. The second-order valence-electron chi connectivity index (χ2n) is 5.90. The van der Waals surface area contributed by atoms with Crippen LogP contribution in [0.15, 0.2) is 24.3 Å². The minimum absolute atomic E-state index is 0.0610. The van der Waals surface area contributed by atoms with Crippen LogP contribution in [0.3, 0.4) is 0 Å². The maximum Gasteiger partial charge on any atom is 0.226 e. The van der Waals surface area contributed by atoms with Crippen molar-refractivity contribution < 1.29 is 4.79 Å². The van der Waals surface area contributed by atoms with Crippen molar-refractivity contribution in [1.82, 2.24) is 15.1 Å². The highest BCUT2D eigenvalue weighted by atomic mass is 32.1. The van der Waals surface area contributed by atoms with Gasteiger partial charge in [0.1, 0.15) is 0 Å². The zero-order chi connectivity index (χ0) is 17.7. The number of benzene rings is 1. The molecule has 0 atom stereocenters. The van der Waals surface area contributed by atoms with Crippen LogP contribution in [-0.2, 0) is 18.3 Å². The van der Waals surface area contributed by atoms with Crippen LogP contribution in [0.4, 0.5) is 5.69 Å². The Hall–Kier alpha value is -2.21. The highest BCUT2D eigenvalue weighted by Crippen LogP contribution is 2.18. The fourth-order valence-electron chi connectivity index (χ4n) is 2.56. The van der Waals surface area contributed by atoms with Crippen LogP contribution in [0, 0.1) is 13.8 Å². The number of thiocarbonyl (C=S) groups is 1. The summed E-state index contributed by atoms with van der Waals surface area (Å²) in [5.41, 5.74) is 5.59. The number of aromatic nitrogens is 2. The molecule has 0 spiro atoms. The minimum Gasteiger partial charge on any atom is -0.332 e. The summed E-state index contributed by atoms with van der Waals surface area (Å²) in [4.78, 5) is 11.5. The molecule has 24 heavy (non-hydrogen) atoms. The maximum absolute atomic E-state index is 11.5. The predicted molar refractivity (Wildman–Crippen MR) is 101 cm³/mol. The van der Waals surface area contributed by atoms with E-state index in [1.807, 2.05) is 37.7 Å². The van der Waals surface area contributed by atoms with Crippen molar-refractivity contribution in [2.45, 2.75) is 40.0 Å². The van der Waals surface area contributed by atoms with Crippen LogP contribution < -0.4 is 10.6 Å². The Morgan fingerprint density at radius 1 is 1.25 bits per heavy atom. The summed E-state index contributed by atoms with van der Waals surface area (Å²) in [5, 5.41) is 10.5. The average molecular weight is 344 g/mol. The van der Waals surface area contributed by atoms with Crippen molar-refractivity contribution >= 4 is 28.9 Å². The number of carbonyl (C=O) groups excluding carboxylic acids is 1. The Labute approximate surface area is 148 Å². The summed E-state index contributed by atoms with van der Waals surface area (Å²) >= 11 is 5.15. The molecule has 1 aromatic carbocycles. The highest BCUT2D eigenvalue weighted by molar-refractivity contribution is 7.80. The van der Waals surface area contributed by atoms with E-state index in [2.05, 4.69) is 34.8 Å². The topological polar surface area (TPSA) is 59.0 Å². The van der Waals surface area contributed by atoms with Crippen molar-refractivity contribution in [2.75, 3.05) is 5.32 Å². The van der Waals surface area contributed by atoms with Gasteiger partial charge in [0, 0.05) is 36.8 Å². The Morgan fingerprint density at radius 2 is 1.92 bits per heavy atom. The van der Waals surface area contributed by atoms with Crippen LogP contribution >= 0.6 is 12.2 Å². The lowest BCUT2D eigenvalue weighted by atomic mass is 10.0. The van der Waals surface area contributed by atoms with Gasteiger partial charge in [0.15, 0.2) is 5.11 Å². The van der Waals surface area contributed by atoms with E-state index < -0.39 is 0 Å². The van der Waals surface area contributed by atoms with E-state index in [0.29, 0.717) is 11.5 Å². The summed E-state index contributed by atoms with van der Waals surface area (Å²) in [5.74, 6) is -0.0610. The molecule has 0 aliphatic rings. The van der Waals surface area contributed by atoms with E-state index in [-0.39, 0.29) is 5.91 Å². The summed E-state index contributed by atoms with van der Waals surface area (Å²) in [7, 11) is 1.96. The Morgan fingerprint density at radius 3 is 2.46 bits per heavy atom. The number of carbonyl (C=O) groups is 1. The van der Waals surface area contributed by atoms with Gasteiger partial charge in [0.25, 0.3) is 0 Å². The van der Waals surface area contributed by atoms with Crippen molar-refractivity contribution in [1.29, 1.82) is 0 Å². The molecule has 2 aromatic rings. The zero-order valence-corrected chi connectivity index (χ0v) is 15.5. The van der Waals surface area contributed by atoms with Gasteiger partial charge >= 0.3 is 0 Å². The first kappa shape index (κ1) is 18.1. The van der Waals surface area contributed by atoms with Gasteiger partial charge < -0.3 is 10.6 Å². The smallest absolute Gasteiger partial charge is 0.226 e. The lowest BCUT2D eigenvalue weighted by Crippen LogP contribution is -2.33. The minimum atomic E-state index is -0.0610. The molecule has 0 saturated heterocycles. The van der Waals surface area contributed by atoms with Crippen molar-refractivity contribution in [3.63, 3.8) is 0 Å². The quantitative estimate of drug-likeness (QED) is 0.818. The predicted octanol–water partition coefficient (Wildman–Crippen LogP) is 3.24. The third-order valence-corrected chi connectivity index (χ3v) is 4.19. The third kappa shape index (κ3) is 4.64. The molecule has 2 N–H and O–H groups in total. The molecule has 0 saturated carbocycles. The molecular formula is C18H24N4OS. The monoisotopic (exact) mass is 344 g/mol. The number of hydrogen-bond acceptors (Lipinski definition) is 3. The van der Waals surface area contributed by atoms with Crippen LogP contribution in [-0.4, -0.2) is 20.8 Å². The van der Waals surface area contributed by atoms with E-state index in [9.17, 15) is 4.79 Å². The number of nitrogens with one attached hydrogen (secondary N) is 2. The molecule has 0 radical (unpaired) electrons. The van der Waals surface area contributed by atoms with E-state index in [0.717, 1.165) is 24.2 Å². The largest absolute Gasteiger partial charge is 0.332 e. The molecule has 0 aliphatic carbocycles. The third-order valence-electron chi connectivity index (χ3n) is 3.98. The lowest BCUT2D eigenvalue weighted by molar-refractivity contribution is -0.119. The standard InChI is InChI=1S/C18H24N4OS/c1-5-6-17(23)20-18(24)19-15-9-7-14(8-10-15)11-16-12(2)21-22(4)13(16)3/h7-10H,5-6,11H2,1-4H3,(H2,19,20,23,24). The molecule has 5 nitrogen and oxygen atoms in total. The highest BCUT2D eigenvalue weighted by Gasteiger charge is 2.10. The van der Waals surface area contributed by atoms with Gasteiger partial charge in [0.2, 0.25) is 5.91 Å². The molecule has 0 unspecified atom stereocenters. The van der Waals surface area contributed by atoms with Crippen molar-refractivity contribution in [3.05, 3.63) is 46.8 Å². The van der Waals surface area contributed by atoms with Crippen LogP contribution in [0.1, 0.15) is 42.3 Å². The van der Waals surface area contributed by atoms with E-state index in [1.54, 1.807) is 0 Å². The molecule has 1 heterocycles. The maximum atomic E-state index is 11.5. The number of nitrogens with zero attached hydrogens (tertiary/aromatic N) is 2. The normalized spacial score (nSPS) is 10.5. The molecule has 1 aromatic heterocycles. The van der Waals surface area contributed by atoms with Gasteiger partial charge in [0.05, 0.1) is 5.69 Å². The molecule has 0 aliphatic heterocycles. The van der Waals surface area contributed by atoms with E-state index in [1.165, 1.54) is 16.8 Å². The van der Waals surface area contributed by atoms with Crippen molar-refractivity contribution in [3.8, 4) is 0 Å². The molecular weight excluding hydrogens is 320 g/mol. The molecule has 0 bridgehead atoms. The van der Waals surface area contributed by atoms with Gasteiger partial charge in [-0.1, -0.05) is 19.1 Å².